The van der Waals surface area contributed by atoms with Crippen molar-refractivity contribution in [2.75, 3.05) is 6.61 Å². The molecule has 0 amide bonds. The Bertz CT molecular complexity index is 271. The predicted molar refractivity (Wildman–Crippen MR) is 70.1 cm³/mol. The van der Waals surface area contributed by atoms with Crippen LogP contribution in [0.5, 0.6) is 0 Å². The standard InChI is InChI=1S/C14H26O4/c1-11(8-10-17-12(2)15)7-6-9-14(4,5)18-13(3)16/h11H,6-10H2,1-5H3. The van der Waals surface area contributed by atoms with Crippen LogP contribution in [0.1, 0.15) is 60.3 Å². The van der Waals surface area contributed by atoms with Gasteiger partial charge in [-0.05, 0) is 39.0 Å². The van der Waals surface area contributed by atoms with Crippen molar-refractivity contribution in [2.45, 2.75) is 65.9 Å². The van der Waals surface area contributed by atoms with Gasteiger partial charge in [0.15, 0.2) is 0 Å². The number of carbonyl (C=O) groups excluding carboxylic acids is 2. The van der Waals surface area contributed by atoms with Crippen molar-refractivity contribution < 1.29 is 19.1 Å². The van der Waals surface area contributed by atoms with E-state index in [4.69, 9.17) is 9.47 Å². The van der Waals surface area contributed by atoms with Crippen LogP contribution in [0, 0.1) is 5.92 Å². The van der Waals surface area contributed by atoms with Gasteiger partial charge in [-0.15, -0.1) is 0 Å². The predicted octanol–water partition coefficient (Wildman–Crippen LogP) is 3.09. The molecule has 0 N–H and O–H groups in total. The number of esters is 2. The zero-order valence-electron chi connectivity index (χ0n) is 12.2. The fourth-order valence-corrected chi connectivity index (χ4v) is 1.86. The third-order valence-corrected chi connectivity index (χ3v) is 2.81. The quantitative estimate of drug-likeness (QED) is 0.628. The van der Waals surface area contributed by atoms with E-state index >= 15 is 0 Å². The molecule has 0 aliphatic rings. The third-order valence-electron chi connectivity index (χ3n) is 2.81. The molecule has 0 rings (SSSR count). The maximum atomic E-state index is 10.9. The Morgan fingerprint density at radius 2 is 1.72 bits per heavy atom. The topological polar surface area (TPSA) is 52.6 Å². The van der Waals surface area contributed by atoms with Crippen LogP contribution in [0.4, 0.5) is 0 Å². The summed E-state index contributed by atoms with van der Waals surface area (Å²) in [6.45, 7) is 9.35. The molecule has 0 saturated heterocycles. The molecule has 0 aromatic rings. The molecule has 1 unspecified atom stereocenters. The Kier molecular flexibility index (Phi) is 7.64. The number of ether oxygens (including phenoxy) is 2. The molecule has 0 saturated carbocycles. The molecule has 0 heterocycles. The summed E-state index contributed by atoms with van der Waals surface area (Å²) >= 11 is 0. The van der Waals surface area contributed by atoms with Gasteiger partial charge in [-0.1, -0.05) is 13.3 Å². The highest BCUT2D eigenvalue weighted by Gasteiger charge is 2.20. The van der Waals surface area contributed by atoms with Crippen LogP contribution in [0.25, 0.3) is 0 Å². The minimum atomic E-state index is -0.387. The lowest BCUT2D eigenvalue weighted by Crippen LogP contribution is -2.26. The fraction of sp³-hybridized carbons (Fsp3) is 0.857. The molecule has 0 bridgehead atoms. The molecular weight excluding hydrogens is 232 g/mol. The maximum absolute atomic E-state index is 10.9. The van der Waals surface area contributed by atoms with Gasteiger partial charge in [0.2, 0.25) is 0 Å². The lowest BCUT2D eigenvalue weighted by atomic mass is 9.95. The first-order valence-corrected chi connectivity index (χ1v) is 6.56. The van der Waals surface area contributed by atoms with Gasteiger partial charge in [-0.25, -0.2) is 0 Å². The first kappa shape index (κ1) is 16.9. The zero-order chi connectivity index (χ0) is 14.2. The summed E-state index contributed by atoms with van der Waals surface area (Å²) < 4.78 is 10.1. The summed E-state index contributed by atoms with van der Waals surface area (Å²) in [7, 11) is 0. The monoisotopic (exact) mass is 258 g/mol. The molecule has 0 fully saturated rings. The van der Waals surface area contributed by atoms with Gasteiger partial charge in [0.25, 0.3) is 0 Å². The van der Waals surface area contributed by atoms with E-state index in [0.717, 1.165) is 25.7 Å². The largest absolute Gasteiger partial charge is 0.466 e. The van der Waals surface area contributed by atoms with Crippen molar-refractivity contribution in [3.8, 4) is 0 Å². The lowest BCUT2D eigenvalue weighted by Gasteiger charge is -2.25. The molecule has 0 aliphatic heterocycles. The molecule has 1 atom stereocenters. The molecule has 0 aliphatic carbocycles. The van der Waals surface area contributed by atoms with E-state index in [2.05, 4.69) is 6.92 Å². The highest BCUT2D eigenvalue weighted by atomic mass is 16.6. The van der Waals surface area contributed by atoms with E-state index in [9.17, 15) is 9.59 Å². The van der Waals surface area contributed by atoms with Crippen molar-refractivity contribution in [1.29, 1.82) is 0 Å². The second kappa shape index (κ2) is 8.11. The Balaban J connectivity index is 3.69. The number of rotatable bonds is 8. The molecule has 4 nitrogen and oxygen atoms in total. The highest BCUT2D eigenvalue weighted by molar-refractivity contribution is 5.66. The van der Waals surface area contributed by atoms with E-state index in [1.54, 1.807) is 0 Å². The van der Waals surface area contributed by atoms with Crippen molar-refractivity contribution in [1.82, 2.24) is 0 Å². The van der Waals surface area contributed by atoms with Crippen LogP contribution in [0.15, 0.2) is 0 Å². The Morgan fingerprint density at radius 1 is 1.11 bits per heavy atom. The maximum Gasteiger partial charge on any atom is 0.303 e. The van der Waals surface area contributed by atoms with Gasteiger partial charge in [0.1, 0.15) is 5.60 Å². The Labute approximate surface area is 110 Å². The normalized spacial score (nSPS) is 12.9. The highest BCUT2D eigenvalue weighted by Crippen LogP contribution is 2.21. The third kappa shape index (κ3) is 10.1. The van der Waals surface area contributed by atoms with Crippen LogP contribution in [0.3, 0.4) is 0 Å². The Hall–Kier alpha value is -1.06. The van der Waals surface area contributed by atoms with Gasteiger partial charge >= 0.3 is 11.9 Å². The van der Waals surface area contributed by atoms with Crippen molar-refractivity contribution in [3.63, 3.8) is 0 Å². The molecule has 4 heteroatoms. The Morgan fingerprint density at radius 3 is 2.22 bits per heavy atom. The van der Waals surface area contributed by atoms with E-state index in [1.807, 2.05) is 13.8 Å². The second-order valence-electron chi connectivity index (χ2n) is 5.48. The molecule has 0 aromatic heterocycles. The van der Waals surface area contributed by atoms with Crippen LogP contribution in [0.2, 0.25) is 0 Å². The average Bonchev–Trinajstić information content (AvgIpc) is 2.14. The van der Waals surface area contributed by atoms with Crippen LogP contribution >= 0.6 is 0 Å². The zero-order valence-corrected chi connectivity index (χ0v) is 12.2. The van der Waals surface area contributed by atoms with Gasteiger partial charge in [0.05, 0.1) is 6.61 Å². The summed E-state index contributed by atoms with van der Waals surface area (Å²) in [4.78, 5) is 21.5. The minimum Gasteiger partial charge on any atom is -0.466 e. The average molecular weight is 258 g/mol. The minimum absolute atomic E-state index is 0.224. The second-order valence-corrected chi connectivity index (χ2v) is 5.48. The van der Waals surface area contributed by atoms with Crippen molar-refractivity contribution >= 4 is 11.9 Å². The van der Waals surface area contributed by atoms with Crippen LogP contribution in [-0.2, 0) is 19.1 Å². The molecular formula is C14H26O4. The lowest BCUT2D eigenvalue weighted by molar-refractivity contribution is -0.154. The van der Waals surface area contributed by atoms with Gasteiger partial charge in [0, 0.05) is 13.8 Å². The summed E-state index contributed by atoms with van der Waals surface area (Å²) in [5.41, 5.74) is -0.387. The first-order chi connectivity index (χ1) is 8.23. The van der Waals surface area contributed by atoms with E-state index in [0.29, 0.717) is 12.5 Å². The number of hydrogen-bond donors (Lipinski definition) is 0. The van der Waals surface area contributed by atoms with Crippen molar-refractivity contribution in [2.24, 2.45) is 5.92 Å². The van der Waals surface area contributed by atoms with Gasteiger partial charge in [-0.3, -0.25) is 9.59 Å². The van der Waals surface area contributed by atoms with Crippen molar-refractivity contribution in [3.05, 3.63) is 0 Å². The van der Waals surface area contributed by atoms with Gasteiger partial charge in [-0.2, -0.15) is 0 Å². The van der Waals surface area contributed by atoms with Gasteiger partial charge < -0.3 is 9.47 Å². The van der Waals surface area contributed by atoms with E-state index in [1.165, 1.54) is 13.8 Å². The van der Waals surface area contributed by atoms with E-state index in [-0.39, 0.29) is 17.5 Å². The summed E-state index contributed by atoms with van der Waals surface area (Å²) in [5.74, 6) is 0.0542. The van der Waals surface area contributed by atoms with E-state index < -0.39 is 0 Å². The summed E-state index contributed by atoms with van der Waals surface area (Å²) in [5, 5.41) is 0. The van der Waals surface area contributed by atoms with Crippen LogP contribution in [-0.4, -0.2) is 24.1 Å². The molecule has 0 aromatic carbocycles. The smallest absolute Gasteiger partial charge is 0.303 e. The molecule has 0 radical (unpaired) electrons. The summed E-state index contributed by atoms with van der Waals surface area (Å²) in [6, 6.07) is 0. The number of carbonyl (C=O) groups is 2. The molecule has 18 heavy (non-hydrogen) atoms. The molecule has 106 valence electrons. The SMILES string of the molecule is CC(=O)OCCC(C)CCCC(C)(C)OC(C)=O. The number of hydrogen-bond acceptors (Lipinski definition) is 4. The fourth-order valence-electron chi connectivity index (χ4n) is 1.86. The molecule has 0 spiro atoms. The first-order valence-electron chi connectivity index (χ1n) is 6.56. The summed E-state index contributed by atoms with van der Waals surface area (Å²) in [6.07, 6.45) is 3.78. The van der Waals surface area contributed by atoms with Crippen LogP contribution < -0.4 is 0 Å².